The lowest BCUT2D eigenvalue weighted by Gasteiger charge is -2.07. The van der Waals surface area contributed by atoms with E-state index in [4.69, 9.17) is 4.52 Å². The zero-order chi connectivity index (χ0) is 17.1. The number of nitrogens with zero attached hydrogens (tertiary/aromatic N) is 2. The van der Waals surface area contributed by atoms with Crippen LogP contribution in [0.25, 0.3) is 11.3 Å². The second-order valence-corrected chi connectivity index (χ2v) is 5.38. The lowest BCUT2D eigenvalue weighted by molar-refractivity contribution is 0.0945. The van der Waals surface area contributed by atoms with Crippen LogP contribution in [0.3, 0.4) is 0 Å². The second-order valence-electron chi connectivity index (χ2n) is 5.38. The van der Waals surface area contributed by atoms with Crippen molar-refractivity contribution in [1.82, 2.24) is 15.5 Å². The first kappa shape index (κ1) is 15.9. The van der Waals surface area contributed by atoms with Gasteiger partial charge in [0.15, 0.2) is 0 Å². The Labute approximate surface area is 138 Å². The molecule has 2 heterocycles. The molecule has 0 unspecified atom stereocenters. The average Bonchev–Trinajstić information content (AvgIpc) is 2.92. The molecule has 1 amide bonds. The molecule has 1 aromatic carbocycles. The van der Waals surface area contributed by atoms with Gasteiger partial charge in [-0.25, -0.2) is 9.37 Å². The highest BCUT2D eigenvalue weighted by molar-refractivity contribution is 5.92. The van der Waals surface area contributed by atoms with Gasteiger partial charge in [0.2, 0.25) is 0 Å². The van der Waals surface area contributed by atoms with E-state index in [0.29, 0.717) is 22.7 Å². The smallest absolute Gasteiger partial charge is 0.270 e. The van der Waals surface area contributed by atoms with Crippen molar-refractivity contribution in [3.05, 3.63) is 71.0 Å². The highest BCUT2D eigenvalue weighted by atomic mass is 19.1. The predicted molar refractivity (Wildman–Crippen MR) is 86.8 cm³/mol. The van der Waals surface area contributed by atoms with Crippen LogP contribution < -0.4 is 5.32 Å². The minimum absolute atomic E-state index is 0.0999. The van der Waals surface area contributed by atoms with Gasteiger partial charge in [0.25, 0.3) is 5.91 Å². The number of carbonyl (C=O) groups is 1. The van der Waals surface area contributed by atoms with Gasteiger partial charge in [-0.1, -0.05) is 29.4 Å². The van der Waals surface area contributed by atoms with Crippen LogP contribution in [-0.4, -0.2) is 16.0 Å². The molecule has 0 spiro atoms. The van der Waals surface area contributed by atoms with Crippen LogP contribution >= 0.6 is 0 Å². The van der Waals surface area contributed by atoms with Gasteiger partial charge in [-0.05, 0) is 32.0 Å². The summed E-state index contributed by atoms with van der Waals surface area (Å²) in [5, 5.41) is 6.57. The number of nitrogens with one attached hydrogen (secondary N) is 1. The topological polar surface area (TPSA) is 68.0 Å². The Morgan fingerprint density at radius 3 is 2.67 bits per heavy atom. The monoisotopic (exact) mass is 325 g/mol. The fraction of sp³-hybridized carbons (Fsp3) is 0.167. The summed E-state index contributed by atoms with van der Waals surface area (Å²) in [5.74, 6) is -0.0778. The first-order valence-electron chi connectivity index (χ1n) is 7.48. The molecule has 0 bridgehead atoms. The molecule has 3 rings (SSSR count). The van der Waals surface area contributed by atoms with Crippen molar-refractivity contribution in [1.29, 1.82) is 0 Å². The number of amides is 1. The number of rotatable bonds is 4. The van der Waals surface area contributed by atoms with E-state index in [0.717, 1.165) is 5.56 Å². The molecule has 5 nitrogen and oxygen atoms in total. The molecule has 6 heteroatoms. The van der Waals surface area contributed by atoms with Crippen molar-refractivity contribution in [2.24, 2.45) is 0 Å². The normalized spacial score (nSPS) is 10.6. The van der Waals surface area contributed by atoms with Crippen LogP contribution in [-0.2, 0) is 6.54 Å². The van der Waals surface area contributed by atoms with E-state index in [1.807, 2.05) is 6.92 Å². The highest BCUT2D eigenvalue weighted by Gasteiger charge is 2.15. The molecule has 0 saturated heterocycles. The van der Waals surface area contributed by atoms with Gasteiger partial charge in [0, 0.05) is 12.1 Å². The van der Waals surface area contributed by atoms with Crippen molar-refractivity contribution in [2.45, 2.75) is 20.4 Å². The Bertz CT molecular complexity index is 870. The molecule has 0 atom stereocenters. The summed E-state index contributed by atoms with van der Waals surface area (Å²) < 4.78 is 18.7. The van der Waals surface area contributed by atoms with Crippen molar-refractivity contribution >= 4 is 5.91 Å². The SMILES string of the molecule is Cc1noc(C)c1-c1cccc(C(=O)NCc2ccccc2F)n1. The second kappa shape index (κ2) is 6.62. The van der Waals surface area contributed by atoms with E-state index in [2.05, 4.69) is 15.5 Å². The molecule has 1 N–H and O–H groups in total. The molecule has 3 aromatic rings. The largest absolute Gasteiger partial charge is 0.361 e. The van der Waals surface area contributed by atoms with E-state index in [-0.39, 0.29) is 24.0 Å². The molecule has 0 radical (unpaired) electrons. The first-order valence-corrected chi connectivity index (χ1v) is 7.48. The Balaban J connectivity index is 1.79. The Kier molecular flexibility index (Phi) is 4.37. The van der Waals surface area contributed by atoms with Crippen LogP contribution in [0.2, 0.25) is 0 Å². The molecular weight excluding hydrogens is 309 g/mol. The molecule has 0 aliphatic rings. The van der Waals surface area contributed by atoms with Gasteiger partial charge in [0.05, 0.1) is 17.0 Å². The van der Waals surface area contributed by atoms with E-state index >= 15 is 0 Å². The molecule has 0 fully saturated rings. The number of hydrogen-bond donors (Lipinski definition) is 1. The molecule has 0 aliphatic carbocycles. The first-order chi connectivity index (χ1) is 11.6. The molecule has 122 valence electrons. The third kappa shape index (κ3) is 3.17. The average molecular weight is 325 g/mol. The van der Waals surface area contributed by atoms with Crippen LogP contribution in [0.15, 0.2) is 47.0 Å². The lowest BCUT2D eigenvalue weighted by atomic mass is 10.1. The quantitative estimate of drug-likeness (QED) is 0.798. The molecule has 2 aromatic heterocycles. The minimum atomic E-state index is -0.369. The summed E-state index contributed by atoms with van der Waals surface area (Å²) >= 11 is 0. The number of benzene rings is 1. The Morgan fingerprint density at radius 1 is 1.17 bits per heavy atom. The van der Waals surface area contributed by atoms with E-state index in [1.54, 1.807) is 43.3 Å². The minimum Gasteiger partial charge on any atom is -0.361 e. The zero-order valence-corrected chi connectivity index (χ0v) is 13.3. The van der Waals surface area contributed by atoms with Crippen molar-refractivity contribution in [3.8, 4) is 11.3 Å². The maximum absolute atomic E-state index is 13.6. The number of pyridine rings is 1. The van der Waals surface area contributed by atoms with Crippen molar-refractivity contribution in [2.75, 3.05) is 0 Å². The summed E-state index contributed by atoms with van der Waals surface area (Å²) in [7, 11) is 0. The Hall–Kier alpha value is -3.02. The van der Waals surface area contributed by atoms with Crippen molar-refractivity contribution in [3.63, 3.8) is 0 Å². The lowest BCUT2D eigenvalue weighted by Crippen LogP contribution is -2.24. The summed E-state index contributed by atoms with van der Waals surface area (Å²) in [4.78, 5) is 16.7. The highest BCUT2D eigenvalue weighted by Crippen LogP contribution is 2.25. The standard InChI is InChI=1S/C18H16FN3O2/c1-11-17(12(2)24-22-11)15-8-5-9-16(21-15)18(23)20-10-13-6-3-4-7-14(13)19/h3-9H,10H2,1-2H3,(H,20,23). The van der Waals surface area contributed by atoms with Crippen molar-refractivity contribution < 1.29 is 13.7 Å². The van der Waals surface area contributed by atoms with Gasteiger partial charge in [0.1, 0.15) is 17.3 Å². The van der Waals surface area contributed by atoms with Crippen LogP contribution in [0.5, 0.6) is 0 Å². The van der Waals surface area contributed by atoms with Crippen LogP contribution in [0.1, 0.15) is 27.5 Å². The van der Waals surface area contributed by atoms with E-state index in [1.165, 1.54) is 6.07 Å². The molecular formula is C18H16FN3O2. The van der Waals surface area contributed by atoms with Gasteiger partial charge >= 0.3 is 0 Å². The number of hydrogen-bond acceptors (Lipinski definition) is 4. The van der Waals surface area contributed by atoms with Gasteiger partial charge in [-0.3, -0.25) is 4.79 Å². The number of aryl methyl sites for hydroxylation is 2. The predicted octanol–water partition coefficient (Wildman–Crippen LogP) is 3.42. The molecule has 24 heavy (non-hydrogen) atoms. The third-order valence-electron chi connectivity index (χ3n) is 3.67. The summed E-state index contributed by atoms with van der Waals surface area (Å²) in [6, 6.07) is 11.5. The summed E-state index contributed by atoms with van der Waals surface area (Å²) in [5.41, 5.74) is 2.78. The Morgan fingerprint density at radius 2 is 1.96 bits per heavy atom. The third-order valence-corrected chi connectivity index (χ3v) is 3.67. The van der Waals surface area contributed by atoms with Gasteiger partial charge in [-0.15, -0.1) is 0 Å². The maximum Gasteiger partial charge on any atom is 0.270 e. The van der Waals surface area contributed by atoms with Crippen LogP contribution in [0.4, 0.5) is 4.39 Å². The molecule has 0 saturated carbocycles. The van der Waals surface area contributed by atoms with E-state index < -0.39 is 0 Å². The van der Waals surface area contributed by atoms with Gasteiger partial charge in [-0.2, -0.15) is 0 Å². The number of aromatic nitrogens is 2. The van der Waals surface area contributed by atoms with E-state index in [9.17, 15) is 9.18 Å². The zero-order valence-electron chi connectivity index (χ0n) is 13.3. The molecule has 0 aliphatic heterocycles. The van der Waals surface area contributed by atoms with Gasteiger partial charge < -0.3 is 9.84 Å². The fourth-order valence-electron chi connectivity index (χ4n) is 2.46. The fourth-order valence-corrected chi connectivity index (χ4v) is 2.46. The number of carbonyl (C=O) groups excluding carboxylic acids is 1. The maximum atomic E-state index is 13.6. The number of halogens is 1. The summed E-state index contributed by atoms with van der Waals surface area (Å²) in [6.07, 6.45) is 0. The summed E-state index contributed by atoms with van der Waals surface area (Å²) in [6.45, 7) is 3.71. The van der Waals surface area contributed by atoms with Crippen LogP contribution in [0, 0.1) is 19.7 Å².